The molecular weight excluding hydrogens is 474 g/mol. The van der Waals surface area contributed by atoms with Crippen LogP contribution < -0.4 is 10.6 Å². The molecular formula is C17H25Cl2IN4O. The number of ether oxygens (including phenoxy) is 1. The molecule has 0 amide bonds. The first-order chi connectivity index (χ1) is 11.7. The quantitative estimate of drug-likeness (QED) is 0.380. The van der Waals surface area contributed by atoms with Crippen molar-refractivity contribution < 1.29 is 4.74 Å². The number of rotatable bonds is 4. The summed E-state index contributed by atoms with van der Waals surface area (Å²) in [5, 5.41) is 7.91. The van der Waals surface area contributed by atoms with Gasteiger partial charge in [0.15, 0.2) is 5.96 Å². The first-order valence-corrected chi connectivity index (χ1v) is 9.15. The summed E-state index contributed by atoms with van der Waals surface area (Å²) in [5.41, 5.74) is 0.984. The molecule has 140 valence electrons. The summed E-state index contributed by atoms with van der Waals surface area (Å²) in [4.78, 5) is 6.80. The number of aliphatic imine (C=N–C) groups is 1. The molecule has 25 heavy (non-hydrogen) atoms. The summed E-state index contributed by atoms with van der Waals surface area (Å²) in [6.07, 6.45) is 2.77. The molecule has 2 aliphatic rings. The van der Waals surface area contributed by atoms with Gasteiger partial charge in [-0.1, -0.05) is 29.3 Å². The van der Waals surface area contributed by atoms with Gasteiger partial charge in [-0.25, -0.2) is 0 Å². The van der Waals surface area contributed by atoms with Gasteiger partial charge in [0.2, 0.25) is 0 Å². The van der Waals surface area contributed by atoms with Gasteiger partial charge in [-0.15, -0.1) is 24.0 Å². The smallest absolute Gasteiger partial charge is 0.191 e. The van der Waals surface area contributed by atoms with Gasteiger partial charge in [-0.2, -0.15) is 0 Å². The predicted octanol–water partition coefficient (Wildman–Crippen LogP) is 3.14. The van der Waals surface area contributed by atoms with Gasteiger partial charge < -0.3 is 15.4 Å². The normalized spacial score (nSPS) is 23.7. The predicted molar refractivity (Wildman–Crippen MR) is 114 cm³/mol. The van der Waals surface area contributed by atoms with Crippen molar-refractivity contribution in [3.63, 3.8) is 0 Å². The Kier molecular flexibility index (Phi) is 8.54. The molecule has 3 rings (SSSR count). The van der Waals surface area contributed by atoms with Crippen LogP contribution in [0.25, 0.3) is 0 Å². The van der Waals surface area contributed by atoms with E-state index in [1.807, 2.05) is 12.1 Å². The van der Waals surface area contributed by atoms with Gasteiger partial charge in [0.25, 0.3) is 0 Å². The molecule has 2 unspecified atom stereocenters. The lowest BCUT2D eigenvalue weighted by Gasteiger charge is -2.35. The van der Waals surface area contributed by atoms with Gasteiger partial charge >= 0.3 is 0 Å². The number of fused-ring (bicyclic) bond motifs is 1. The van der Waals surface area contributed by atoms with Crippen LogP contribution in [-0.4, -0.2) is 56.3 Å². The molecule has 2 saturated heterocycles. The SMILES string of the molecule is CN=C(NCc1ccc(Cl)cc1Cl)NCC1CN2CCCC2CO1.I. The summed E-state index contributed by atoms with van der Waals surface area (Å²) < 4.78 is 5.96. The number of hydrogen-bond acceptors (Lipinski definition) is 3. The van der Waals surface area contributed by atoms with Crippen molar-refractivity contribution in [3.8, 4) is 0 Å². The highest BCUT2D eigenvalue weighted by molar-refractivity contribution is 14.0. The van der Waals surface area contributed by atoms with E-state index in [4.69, 9.17) is 27.9 Å². The summed E-state index contributed by atoms with van der Waals surface area (Å²) >= 11 is 12.1. The number of hydrogen-bond donors (Lipinski definition) is 2. The van der Waals surface area contributed by atoms with Crippen LogP contribution in [-0.2, 0) is 11.3 Å². The second-order valence-corrected chi connectivity index (χ2v) is 7.13. The molecule has 0 aromatic heterocycles. The molecule has 1 aromatic rings. The molecule has 2 N–H and O–H groups in total. The van der Waals surface area contributed by atoms with Crippen molar-refractivity contribution in [3.05, 3.63) is 33.8 Å². The van der Waals surface area contributed by atoms with E-state index in [1.165, 1.54) is 19.4 Å². The largest absolute Gasteiger partial charge is 0.373 e. The van der Waals surface area contributed by atoms with Gasteiger partial charge in [0.05, 0.1) is 12.7 Å². The van der Waals surface area contributed by atoms with Gasteiger partial charge in [-0.05, 0) is 37.1 Å². The molecule has 2 heterocycles. The Bertz CT molecular complexity index is 602. The molecule has 0 aliphatic carbocycles. The first-order valence-electron chi connectivity index (χ1n) is 8.40. The Balaban J connectivity index is 0.00000225. The number of morpholine rings is 1. The Morgan fingerprint density at radius 1 is 1.36 bits per heavy atom. The number of guanidine groups is 1. The third kappa shape index (κ3) is 5.85. The van der Waals surface area contributed by atoms with Gasteiger partial charge in [-0.3, -0.25) is 9.89 Å². The Morgan fingerprint density at radius 3 is 2.96 bits per heavy atom. The summed E-state index contributed by atoms with van der Waals surface area (Å²) in [6, 6.07) is 6.13. The lowest BCUT2D eigenvalue weighted by molar-refractivity contribution is -0.0453. The molecule has 2 atom stereocenters. The summed E-state index contributed by atoms with van der Waals surface area (Å²) in [6.45, 7) is 4.38. The third-order valence-electron chi connectivity index (χ3n) is 4.64. The van der Waals surface area contributed by atoms with E-state index < -0.39 is 0 Å². The minimum absolute atomic E-state index is 0. The maximum Gasteiger partial charge on any atom is 0.191 e. The second-order valence-electron chi connectivity index (χ2n) is 6.29. The van der Waals surface area contributed by atoms with Crippen LogP contribution in [0.2, 0.25) is 10.0 Å². The van der Waals surface area contributed by atoms with Crippen LogP contribution in [0.5, 0.6) is 0 Å². The van der Waals surface area contributed by atoms with Gasteiger partial charge in [0.1, 0.15) is 0 Å². The Morgan fingerprint density at radius 2 is 2.20 bits per heavy atom. The molecule has 1 aromatic carbocycles. The third-order valence-corrected chi connectivity index (χ3v) is 5.23. The van der Waals surface area contributed by atoms with Crippen LogP contribution in [0.4, 0.5) is 0 Å². The van der Waals surface area contributed by atoms with E-state index in [9.17, 15) is 0 Å². The average Bonchev–Trinajstić information content (AvgIpc) is 3.04. The van der Waals surface area contributed by atoms with Gasteiger partial charge in [0, 0.05) is 42.8 Å². The molecule has 0 saturated carbocycles. The Hall–Kier alpha value is -0.280. The fourth-order valence-electron chi connectivity index (χ4n) is 3.28. The molecule has 5 nitrogen and oxygen atoms in total. The summed E-state index contributed by atoms with van der Waals surface area (Å²) in [7, 11) is 1.76. The molecule has 2 fully saturated rings. The molecule has 0 radical (unpaired) electrons. The second kappa shape index (κ2) is 10.2. The van der Waals surface area contributed by atoms with Crippen molar-refractivity contribution in [2.75, 3.05) is 33.3 Å². The van der Waals surface area contributed by atoms with E-state index in [0.717, 1.165) is 31.2 Å². The Labute approximate surface area is 176 Å². The standard InChI is InChI=1S/C17H24Cl2N4O.HI/c1-20-17(21-8-12-4-5-13(18)7-16(12)19)22-9-15-10-23-6-2-3-14(23)11-24-15;/h4-5,7,14-15H,2-3,6,8-11H2,1H3,(H2,20,21,22);1H. The van der Waals surface area contributed by atoms with Crippen molar-refractivity contribution in [1.29, 1.82) is 0 Å². The maximum absolute atomic E-state index is 6.20. The number of nitrogens with zero attached hydrogens (tertiary/aromatic N) is 2. The molecule has 8 heteroatoms. The zero-order valence-corrected chi connectivity index (χ0v) is 18.1. The minimum Gasteiger partial charge on any atom is -0.373 e. The van der Waals surface area contributed by atoms with E-state index in [0.29, 0.717) is 22.6 Å². The monoisotopic (exact) mass is 498 g/mol. The topological polar surface area (TPSA) is 48.9 Å². The molecule has 2 aliphatic heterocycles. The van der Waals surface area contributed by atoms with E-state index in [-0.39, 0.29) is 30.1 Å². The number of nitrogens with one attached hydrogen (secondary N) is 2. The fraction of sp³-hybridized carbons (Fsp3) is 0.588. The average molecular weight is 499 g/mol. The zero-order chi connectivity index (χ0) is 16.9. The van der Waals surface area contributed by atoms with Crippen molar-refractivity contribution >= 4 is 53.1 Å². The molecule has 0 bridgehead atoms. The van der Waals surface area contributed by atoms with Crippen LogP contribution in [0.15, 0.2) is 23.2 Å². The first kappa shape index (κ1) is 21.0. The lowest BCUT2D eigenvalue weighted by atomic mass is 10.2. The fourth-order valence-corrected chi connectivity index (χ4v) is 3.76. The lowest BCUT2D eigenvalue weighted by Crippen LogP contribution is -2.51. The van der Waals surface area contributed by atoms with E-state index in [2.05, 4.69) is 20.5 Å². The highest BCUT2D eigenvalue weighted by Gasteiger charge is 2.32. The number of halogens is 3. The zero-order valence-electron chi connectivity index (χ0n) is 14.3. The van der Waals surface area contributed by atoms with Crippen LogP contribution >= 0.6 is 47.2 Å². The summed E-state index contributed by atoms with van der Waals surface area (Å²) in [5.74, 6) is 0.744. The minimum atomic E-state index is 0. The maximum atomic E-state index is 6.20. The van der Waals surface area contributed by atoms with E-state index >= 15 is 0 Å². The van der Waals surface area contributed by atoms with Crippen LogP contribution in [0, 0.1) is 0 Å². The van der Waals surface area contributed by atoms with Crippen molar-refractivity contribution in [2.24, 2.45) is 4.99 Å². The number of benzene rings is 1. The highest BCUT2D eigenvalue weighted by Crippen LogP contribution is 2.22. The van der Waals surface area contributed by atoms with Crippen molar-refractivity contribution in [1.82, 2.24) is 15.5 Å². The molecule has 0 spiro atoms. The highest BCUT2D eigenvalue weighted by atomic mass is 127. The van der Waals surface area contributed by atoms with Crippen molar-refractivity contribution in [2.45, 2.75) is 31.5 Å². The van der Waals surface area contributed by atoms with Crippen LogP contribution in [0.3, 0.4) is 0 Å². The van der Waals surface area contributed by atoms with Crippen LogP contribution in [0.1, 0.15) is 18.4 Å². The van der Waals surface area contributed by atoms with E-state index in [1.54, 1.807) is 13.1 Å².